The molecule has 1 aliphatic heterocycles. The summed E-state index contributed by atoms with van der Waals surface area (Å²) in [4.78, 5) is 2.32. The Morgan fingerprint density at radius 3 is 2.53 bits per heavy atom. The Balaban J connectivity index is 2.37. The first kappa shape index (κ1) is 10.6. The predicted octanol–water partition coefficient (Wildman–Crippen LogP) is 2.64. The summed E-state index contributed by atoms with van der Waals surface area (Å²) < 4.78 is 6.18. The first-order valence-electron chi connectivity index (χ1n) is 5.10. The number of anilines is 2. The van der Waals surface area contributed by atoms with Crippen LogP contribution in [0, 0.1) is 0 Å². The zero-order chi connectivity index (χ0) is 10.8. The number of hydrogen-bond acceptors (Lipinski definition) is 3. The van der Waals surface area contributed by atoms with Crippen molar-refractivity contribution in [3.8, 4) is 5.75 Å². The monoisotopic (exact) mass is 270 g/mol. The van der Waals surface area contributed by atoms with Crippen molar-refractivity contribution in [3.05, 3.63) is 16.6 Å². The molecule has 1 fully saturated rings. The Labute approximate surface area is 98.3 Å². The van der Waals surface area contributed by atoms with Gasteiger partial charge in [-0.1, -0.05) is 0 Å². The third-order valence-electron chi connectivity index (χ3n) is 2.72. The van der Waals surface area contributed by atoms with Gasteiger partial charge in [0.2, 0.25) is 0 Å². The van der Waals surface area contributed by atoms with Crippen molar-refractivity contribution in [2.24, 2.45) is 0 Å². The number of hydrogen-bond donors (Lipinski definition) is 1. The van der Waals surface area contributed by atoms with E-state index >= 15 is 0 Å². The molecule has 0 saturated carbocycles. The van der Waals surface area contributed by atoms with E-state index in [9.17, 15) is 0 Å². The van der Waals surface area contributed by atoms with E-state index in [1.165, 1.54) is 12.8 Å². The molecule has 0 atom stereocenters. The largest absolute Gasteiger partial charge is 0.497 e. The van der Waals surface area contributed by atoms with Crippen molar-refractivity contribution in [1.82, 2.24) is 0 Å². The summed E-state index contributed by atoms with van der Waals surface area (Å²) in [5.74, 6) is 0.794. The highest BCUT2D eigenvalue weighted by molar-refractivity contribution is 9.10. The zero-order valence-corrected chi connectivity index (χ0v) is 10.4. The molecule has 1 aliphatic rings. The molecule has 15 heavy (non-hydrogen) atoms. The van der Waals surface area contributed by atoms with E-state index in [0.717, 1.165) is 34.7 Å². The van der Waals surface area contributed by atoms with Gasteiger partial charge < -0.3 is 15.4 Å². The van der Waals surface area contributed by atoms with Gasteiger partial charge in [-0.15, -0.1) is 0 Å². The Kier molecular flexibility index (Phi) is 3.05. The van der Waals surface area contributed by atoms with Gasteiger partial charge in [0.05, 0.1) is 18.5 Å². The molecule has 0 spiro atoms. The second-order valence-electron chi connectivity index (χ2n) is 3.74. The number of rotatable bonds is 2. The Morgan fingerprint density at radius 1 is 1.33 bits per heavy atom. The quantitative estimate of drug-likeness (QED) is 0.840. The third kappa shape index (κ3) is 2.04. The summed E-state index contributed by atoms with van der Waals surface area (Å²) in [7, 11) is 1.65. The van der Waals surface area contributed by atoms with Gasteiger partial charge in [0, 0.05) is 23.6 Å². The fourth-order valence-electron chi connectivity index (χ4n) is 1.99. The van der Waals surface area contributed by atoms with Crippen molar-refractivity contribution in [2.75, 3.05) is 30.8 Å². The van der Waals surface area contributed by atoms with Crippen LogP contribution in [0.3, 0.4) is 0 Å². The summed E-state index contributed by atoms with van der Waals surface area (Å²) >= 11 is 3.55. The molecule has 1 saturated heterocycles. The van der Waals surface area contributed by atoms with Crippen LogP contribution >= 0.6 is 15.9 Å². The normalized spacial score (nSPS) is 15.7. The smallest absolute Gasteiger partial charge is 0.122 e. The van der Waals surface area contributed by atoms with Crippen molar-refractivity contribution >= 4 is 27.3 Å². The molecule has 3 nitrogen and oxygen atoms in total. The molecule has 0 radical (unpaired) electrons. The van der Waals surface area contributed by atoms with Gasteiger partial charge in [0.25, 0.3) is 0 Å². The Bertz CT molecular complexity index is 339. The predicted molar refractivity (Wildman–Crippen MR) is 66.6 cm³/mol. The zero-order valence-electron chi connectivity index (χ0n) is 8.79. The molecule has 1 heterocycles. The number of nitrogen functional groups attached to an aromatic ring is 1. The standard InChI is InChI=1S/C11H15BrN2O/c1-15-8-6-9(12)11(10(13)7-8)14-4-2-3-5-14/h6-7H,2-5,13H2,1H3. The topological polar surface area (TPSA) is 38.5 Å². The van der Waals surface area contributed by atoms with E-state index in [4.69, 9.17) is 10.5 Å². The van der Waals surface area contributed by atoms with Gasteiger partial charge >= 0.3 is 0 Å². The molecule has 0 aromatic heterocycles. The minimum atomic E-state index is 0.781. The van der Waals surface area contributed by atoms with Crippen LogP contribution in [0.25, 0.3) is 0 Å². The lowest BCUT2D eigenvalue weighted by atomic mass is 10.2. The van der Waals surface area contributed by atoms with Crippen LogP contribution in [-0.2, 0) is 0 Å². The lowest BCUT2D eigenvalue weighted by molar-refractivity contribution is 0.415. The lowest BCUT2D eigenvalue weighted by Crippen LogP contribution is -2.19. The highest BCUT2D eigenvalue weighted by Gasteiger charge is 2.18. The number of nitrogens with two attached hydrogens (primary N) is 1. The molecule has 0 amide bonds. The number of halogens is 1. The fourth-order valence-corrected chi connectivity index (χ4v) is 2.69. The number of ether oxygens (including phenoxy) is 1. The minimum absolute atomic E-state index is 0.781. The highest BCUT2D eigenvalue weighted by atomic mass is 79.9. The van der Waals surface area contributed by atoms with Crippen molar-refractivity contribution in [1.29, 1.82) is 0 Å². The van der Waals surface area contributed by atoms with Crippen LogP contribution in [0.1, 0.15) is 12.8 Å². The second-order valence-corrected chi connectivity index (χ2v) is 4.60. The van der Waals surface area contributed by atoms with E-state index in [2.05, 4.69) is 20.8 Å². The maximum Gasteiger partial charge on any atom is 0.122 e. The Morgan fingerprint density at radius 2 is 2.00 bits per heavy atom. The highest BCUT2D eigenvalue weighted by Crippen LogP contribution is 2.37. The van der Waals surface area contributed by atoms with Crippen molar-refractivity contribution in [2.45, 2.75) is 12.8 Å². The molecular formula is C11H15BrN2O. The second kappa shape index (κ2) is 4.31. The van der Waals surface area contributed by atoms with E-state index in [-0.39, 0.29) is 0 Å². The summed E-state index contributed by atoms with van der Waals surface area (Å²) in [6, 6.07) is 3.84. The van der Waals surface area contributed by atoms with E-state index < -0.39 is 0 Å². The minimum Gasteiger partial charge on any atom is -0.497 e. The molecule has 0 aliphatic carbocycles. The Hall–Kier alpha value is -0.900. The van der Waals surface area contributed by atoms with Crippen LogP contribution in [0.2, 0.25) is 0 Å². The molecule has 1 aromatic rings. The maximum absolute atomic E-state index is 6.03. The van der Waals surface area contributed by atoms with Gasteiger partial charge in [0.15, 0.2) is 0 Å². The fraction of sp³-hybridized carbons (Fsp3) is 0.455. The summed E-state index contributed by atoms with van der Waals surface area (Å²) in [5.41, 5.74) is 7.91. The number of benzene rings is 1. The van der Waals surface area contributed by atoms with E-state index in [0.29, 0.717) is 0 Å². The summed E-state index contributed by atoms with van der Waals surface area (Å²) in [6.45, 7) is 2.18. The molecule has 1 aromatic carbocycles. The first-order valence-corrected chi connectivity index (χ1v) is 5.89. The molecule has 4 heteroatoms. The summed E-state index contributed by atoms with van der Waals surface area (Å²) in [6.07, 6.45) is 2.50. The van der Waals surface area contributed by atoms with Gasteiger partial charge in [0.1, 0.15) is 5.75 Å². The van der Waals surface area contributed by atoms with Crippen molar-refractivity contribution in [3.63, 3.8) is 0 Å². The number of methoxy groups -OCH3 is 1. The van der Waals surface area contributed by atoms with Crippen molar-refractivity contribution < 1.29 is 4.74 Å². The van der Waals surface area contributed by atoms with Gasteiger partial charge in [-0.05, 0) is 34.8 Å². The van der Waals surface area contributed by atoms with Gasteiger partial charge in [-0.25, -0.2) is 0 Å². The number of nitrogens with zero attached hydrogens (tertiary/aromatic N) is 1. The van der Waals surface area contributed by atoms with Crippen LogP contribution in [-0.4, -0.2) is 20.2 Å². The average Bonchev–Trinajstić information content (AvgIpc) is 2.69. The molecule has 0 bridgehead atoms. The molecular weight excluding hydrogens is 256 g/mol. The molecule has 2 N–H and O–H groups in total. The van der Waals surface area contributed by atoms with E-state index in [1.807, 2.05) is 12.1 Å². The molecule has 0 unspecified atom stereocenters. The SMILES string of the molecule is COc1cc(N)c(N2CCCC2)c(Br)c1. The molecule has 2 rings (SSSR count). The van der Waals surface area contributed by atoms with E-state index in [1.54, 1.807) is 7.11 Å². The first-order chi connectivity index (χ1) is 7.22. The maximum atomic E-state index is 6.03. The molecule has 82 valence electrons. The lowest BCUT2D eigenvalue weighted by Gasteiger charge is -2.21. The van der Waals surface area contributed by atoms with Crippen LogP contribution < -0.4 is 15.4 Å². The van der Waals surface area contributed by atoms with Crippen LogP contribution in [0.4, 0.5) is 11.4 Å². The van der Waals surface area contributed by atoms with Crippen LogP contribution in [0.5, 0.6) is 5.75 Å². The van der Waals surface area contributed by atoms with Gasteiger partial charge in [-0.2, -0.15) is 0 Å². The third-order valence-corrected chi connectivity index (χ3v) is 3.33. The van der Waals surface area contributed by atoms with Crippen LogP contribution in [0.15, 0.2) is 16.6 Å². The van der Waals surface area contributed by atoms with Gasteiger partial charge in [-0.3, -0.25) is 0 Å². The summed E-state index contributed by atoms with van der Waals surface area (Å²) in [5, 5.41) is 0. The average molecular weight is 271 g/mol.